The minimum atomic E-state index is -0.571. The number of alkyl carbamates (subject to hydrolysis) is 1. The number of aromatic nitrogens is 4. The maximum Gasteiger partial charge on any atom is 0.407 e. The summed E-state index contributed by atoms with van der Waals surface area (Å²) in [6.07, 6.45) is 4.79. The van der Waals surface area contributed by atoms with Crippen LogP contribution in [-0.2, 0) is 18.3 Å². The van der Waals surface area contributed by atoms with Gasteiger partial charge in [-0.05, 0) is 81.6 Å². The van der Waals surface area contributed by atoms with Gasteiger partial charge in [0.05, 0.1) is 16.7 Å². The first-order valence-corrected chi connectivity index (χ1v) is 14.4. The quantitative estimate of drug-likeness (QED) is 0.293. The Kier molecular flexibility index (Phi) is 7.18. The Morgan fingerprint density at radius 2 is 1.81 bits per heavy atom. The number of carbonyl (C=O) groups excluding carboxylic acids is 2. The number of hydrogen-bond acceptors (Lipinski definition) is 5. The van der Waals surface area contributed by atoms with Crippen molar-refractivity contribution >= 4 is 33.9 Å². The highest BCUT2D eigenvalue weighted by molar-refractivity contribution is 5.98. The zero-order valence-electron chi connectivity index (χ0n) is 24.5. The summed E-state index contributed by atoms with van der Waals surface area (Å²) in [6, 6.07) is 20.1. The molecule has 0 saturated carbocycles. The molecule has 3 aromatic heterocycles. The molecule has 1 aliphatic heterocycles. The smallest absolute Gasteiger partial charge is 0.407 e. The third-order valence-corrected chi connectivity index (χ3v) is 7.69. The van der Waals surface area contributed by atoms with Gasteiger partial charge < -0.3 is 24.1 Å². The van der Waals surface area contributed by atoms with Gasteiger partial charge in [-0.3, -0.25) is 9.78 Å². The molecule has 1 fully saturated rings. The number of benzene rings is 2. The summed E-state index contributed by atoms with van der Waals surface area (Å²) in [5, 5.41) is 4.07. The van der Waals surface area contributed by atoms with Gasteiger partial charge in [-0.25, -0.2) is 9.78 Å². The molecule has 1 atom stereocenters. The fourth-order valence-corrected chi connectivity index (χ4v) is 5.73. The van der Waals surface area contributed by atoms with Crippen molar-refractivity contribution in [2.45, 2.75) is 51.8 Å². The lowest BCUT2D eigenvalue weighted by molar-refractivity contribution is 0.0452. The van der Waals surface area contributed by atoms with Crippen LogP contribution in [0, 0.1) is 0 Å². The van der Waals surface area contributed by atoms with E-state index in [1.54, 1.807) is 0 Å². The largest absolute Gasteiger partial charge is 0.444 e. The van der Waals surface area contributed by atoms with Crippen LogP contribution in [0.1, 0.15) is 49.5 Å². The maximum atomic E-state index is 13.6. The van der Waals surface area contributed by atoms with Crippen molar-refractivity contribution in [3.8, 4) is 11.5 Å². The third kappa shape index (κ3) is 5.59. The van der Waals surface area contributed by atoms with Gasteiger partial charge in [0.2, 0.25) is 0 Å². The van der Waals surface area contributed by atoms with Gasteiger partial charge in [0.25, 0.3) is 5.91 Å². The predicted octanol–water partition coefficient (Wildman–Crippen LogP) is 5.77. The van der Waals surface area contributed by atoms with E-state index < -0.39 is 11.7 Å². The monoisotopic (exact) mass is 564 g/mol. The van der Waals surface area contributed by atoms with E-state index in [-0.39, 0.29) is 11.9 Å². The number of pyridine rings is 1. The van der Waals surface area contributed by atoms with Crippen LogP contribution in [0.4, 0.5) is 4.79 Å². The molecule has 9 nitrogen and oxygen atoms in total. The summed E-state index contributed by atoms with van der Waals surface area (Å²) < 4.78 is 9.78. The first kappa shape index (κ1) is 27.5. The number of piperidine rings is 1. The molecule has 6 rings (SSSR count). The van der Waals surface area contributed by atoms with Crippen LogP contribution in [0.2, 0.25) is 0 Å². The number of aryl methyl sites for hydroxylation is 1. The zero-order chi connectivity index (χ0) is 29.4. The standard InChI is InChI=1S/C33H36N6O3/c1-33(2,3)42-32(41)35-25-9-7-17-38(21-25)31(40)24-11-12-28-26(18-24)36-30(37(28)4)29-19-23-8-5-6-10-27(23)39(29)20-22-13-15-34-16-14-22/h5-6,8,10-16,18-19,25H,7,9,17,20-21H2,1-4H3,(H,35,41)/t25-/m1/s1. The normalized spacial score (nSPS) is 15.7. The van der Waals surface area contributed by atoms with Crippen LogP contribution in [0.25, 0.3) is 33.5 Å². The van der Waals surface area contributed by atoms with Gasteiger partial charge in [0, 0.05) is 61.6 Å². The van der Waals surface area contributed by atoms with Crippen molar-refractivity contribution in [1.82, 2.24) is 29.3 Å². The Balaban J connectivity index is 1.28. The van der Waals surface area contributed by atoms with Gasteiger partial charge >= 0.3 is 6.09 Å². The maximum absolute atomic E-state index is 13.6. The minimum Gasteiger partial charge on any atom is -0.444 e. The number of fused-ring (bicyclic) bond motifs is 2. The average Bonchev–Trinajstić information content (AvgIpc) is 3.49. The Bertz CT molecular complexity index is 1770. The van der Waals surface area contributed by atoms with Crippen molar-refractivity contribution in [3.05, 3.63) is 84.2 Å². The first-order valence-electron chi connectivity index (χ1n) is 14.4. The SMILES string of the molecule is Cn1c(-c2cc3ccccc3n2Cc2ccncc2)nc2cc(C(=O)N3CCC[C@@H](NC(=O)OC(C)(C)C)C3)ccc21. The number of carbonyl (C=O) groups is 2. The van der Waals surface area contributed by atoms with Crippen molar-refractivity contribution in [2.24, 2.45) is 7.05 Å². The van der Waals surface area contributed by atoms with E-state index in [0.29, 0.717) is 25.2 Å². The molecule has 0 radical (unpaired) electrons. The number of hydrogen-bond donors (Lipinski definition) is 1. The molecule has 9 heteroatoms. The molecular formula is C33H36N6O3. The van der Waals surface area contributed by atoms with Crippen molar-refractivity contribution in [3.63, 3.8) is 0 Å². The predicted molar refractivity (Wildman–Crippen MR) is 163 cm³/mol. The molecule has 2 aromatic carbocycles. The lowest BCUT2D eigenvalue weighted by Crippen LogP contribution is -2.50. The molecule has 1 N–H and O–H groups in total. The van der Waals surface area contributed by atoms with E-state index in [4.69, 9.17) is 9.72 Å². The van der Waals surface area contributed by atoms with Crippen LogP contribution < -0.4 is 5.32 Å². The summed E-state index contributed by atoms with van der Waals surface area (Å²) in [6.45, 7) is 7.28. The molecule has 0 bridgehead atoms. The number of ether oxygens (including phenoxy) is 1. The summed E-state index contributed by atoms with van der Waals surface area (Å²) in [5.74, 6) is 0.769. The van der Waals surface area contributed by atoms with Gasteiger partial charge in [0.15, 0.2) is 5.82 Å². The highest BCUT2D eigenvalue weighted by Gasteiger charge is 2.28. The molecule has 1 aliphatic rings. The second-order valence-electron chi connectivity index (χ2n) is 12.0. The van der Waals surface area contributed by atoms with Crippen LogP contribution in [0.15, 0.2) is 73.1 Å². The summed E-state index contributed by atoms with van der Waals surface area (Å²) >= 11 is 0. The van der Waals surface area contributed by atoms with Crippen LogP contribution in [0.5, 0.6) is 0 Å². The first-order chi connectivity index (χ1) is 20.2. The lowest BCUT2D eigenvalue weighted by Gasteiger charge is -2.33. The van der Waals surface area contributed by atoms with E-state index >= 15 is 0 Å². The number of nitrogens with zero attached hydrogens (tertiary/aromatic N) is 5. The molecular weight excluding hydrogens is 528 g/mol. The van der Waals surface area contributed by atoms with Crippen molar-refractivity contribution < 1.29 is 14.3 Å². The Hall–Kier alpha value is -4.66. The number of rotatable bonds is 5. The molecule has 2 amide bonds. The fraction of sp³-hybridized carbons (Fsp3) is 0.333. The van der Waals surface area contributed by atoms with Crippen molar-refractivity contribution in [2.75, 3.05) is 13.1 Å². The molecule has 0 aliphatic carbocycles. The second kappa shape index (κ2) is 11.0. The number of para-hydroxylation sites is 1. The van der Waals surface area contributed by atoms with Crippen molar-refractivity contribution in [1.29, 1.82) is 0 Å². The number of nitrogens with one attached hydrogen (secondary N) is 1. The van der Waals surface area contributed by atoms with E-state index in [1.165, 1.54) is 0 Å². The zero-order valence-corrected chi connectivity index (χ0v) is 24.5. The number of likely N-dealkylation sites (tertiary alicyclic amines) is 1. The minimum absolute atomic E-state index is 0.0633. The molecule has 0 unspecified atom stereocenters. The van der Waals surface area contributed by atoms with Gasteiger partial charge in [-0.1, -0.05) is 18.2 Å². The second-order valence-corrected chi connectivity index (χ2v) is 12.0. The number of imidazole rings is 1. The fourth-order valence-electron chi connectivity index (χ4n) is 5.73. The summed E-state index contributed by atoms with van der Waals surface area (Å²) in [7, 11) is 2.01. The summed E-state index contributed by atoms with van der Waals surface area (Å²) in [5.41, 5.74) is 5.02. The van der Waals surface area contributed by atoms with E-state index in [0.717, 1.165) is 51.9 Å². The third-order valence-electron chi connectivity index (χ3n) is 7.69. The molecule has 4 heterocycles. The molecule has 0 spiro atoms. The molecule has 42 heavy (non-hydrogen) atoms. The van der Waals surface area contributed by atoms with Gasteiger partial charge in [-0.2, -0.15) is 0 Å². The Labute approximate surface area is 245 Å². The average molecular weight is 565 g/mol. The highest BCUT2D eigenvalue weighted by Crippen LogP contribution is 2.31. The van der Waals surface area contributed by atoms with Crippen LogP contribution in [-0.4, -0.2) is 60.7 Å². The Morgan fingerprint density at radius 1 is 1.02 bits per heavy atom. The number of amides is 2. The van der Waals surface area contributed by atoms with E-state index in [2.05, 4.69) is 43.7 Å². The molecule has 1 saturated heterocycles. The topological polar surface area (TPSA) is 94.3 Å². The van der Waals surface area contributed by atoms with Gasteiger partial charge in [-0.15, -0.1) is 0 Å². The van der Waals surface area contributed by atoms with Crippen LogP contribution in [0.3, 0.4) is 0 Å². The van der Waals surface area contributed by atoms with E-state index in [9.17, 15) is 9.59 Å². The highest BCUT2D eigenvalue weighted by atomic mass is 16.6. The lowest BCUT2D eigenvalue weighted by atomic mass is 10.0. The molecule has 5 aromatic rings. The molecule has 216 valence electrons. The Morgan fingerprint density at radius 3 is 2.60 bits per heavy atom. The van der Waals surface area contributed by atoms with Gasteiger partial charge in [0.1, 0.15) is 5.60 Å². The van der Waals surface area contributed by atoms with E-state index in [1.807, 2.05) is 81.5 Å². The van der Waals surface area contributed by atoms with Crippen LogP contribution >= 0.6 is 0 Å². The summed E-state index contributed by atoms with van der Waals surface area (Å²) in [4.78, 5) is 36.9.